The summed E-state index contributed by atoms with van der Waals surface area (Å²) in [5.41, 5.74) is 0. The maximum Gasteiger partial charge on any atom is 0.326 e. The van der Waals surface area contributed by atoms with Crippen molar-refractivity contribution in [2.45, 2.75) is 19.9 Å². The van der Waals surface area contributed by atoms with Crippen molar-refractivity contribution in [3.8, 4) is 0 Å². The Morgan fingerprint density at radius 2 is 2.20 bits per heavy atom. The van der Waals surface area contributed by atoms with Crippen LogP contribution < -0.4 is 0 Å². The summed E-state index contributed by atoms with van der Waals surface area (Å²) < 4.78 is 0.945. The van der Waals surface area contributed by atoms with E-state index in [0.29, 0.717) is 0 Å². The Bertz CT molecular complexity index is 336. The molecule has 1 aromatic rings. The fourth-order valence-electron chi connectivity index (χ4n) is 1.52. The number of carboxylic acids is 1. The largest absolute Gasteiger partial charge is 0.480 e. The number of aliphatic carboxylic acids is 1. The number of hydrogen-bond acceptors (Lipinski definition) is 3. The van der Waals surface area contributed by atoms with Crippen LogP contribution in [0.1, 0.15) is 24.8 Å². The molecule has 84 valence electrons. The zero-order valence-corrected chi connectivity index (χ0v) is 11.1. The molecule has 1 N–H and O–H groups in total. The number of thiophene rings is 1. The van der Waals surface area contributed by atoms with Crippen molar-refractivity contribution >= 4 is 33.2 Å². The predicted octanol–water partition coefficient (Wildman–Crippen LogP) is 2.98. The van der Waals surface area contributed by atoms with E-state index in [1.54, 1.807) is 0 Å². The summed E-state index contributed by atoms with van der Waals surface area (Å²) in [4.78, 5) is 14.0. The number of hydrogen-bond donors (Lipinski definition) is 1. The molecule has 0 aliphatic carbocycles. The van der Waals surface area contributed by atoms with Gasteiger partial charge < -0.3 is 5.11 Å². The minimum atomic E-state index is -0.784. The van der Waals surface area contributed by atoms with Crippen molar-refractivity contribution in [1.29, 1.82) is 0 Å². The third kappa shape index (κ3) is 3.03. The lowest BCUT2D eigenvalue weighted by Crippen LogP contribution is -2.33. The van der Waals surface area contributed by atoms with Gasteiger partial charge in [-0.15, -0.1) is 11.3 Å². The molecule has 1 aromatic heterocycles. The van der Waals surface area contributed by atoms with E-state index >= 15 is 0 Å². The van der Waals surface area contributed by atoms with Crippen LogP contribution in [0.25, 0.3) is 0 Å². The van der Waals surface area contributed by atoms with Crippen LogP contribution in [-0.2, 0) is 4.79 Å². The van der Waals surface area contributed by atoms with E-state index < -0.39 is 12.0 Å². The molecule has 0 bridgehead atoms. The smallest absolute Gasteiger partial charge is 0.326 e. The van der Waals surface area contributed by atoms with Gasteiger partial charge in [0.1, 0.15) is 6.04 Å². The van der Waals surface area contributed by atoms with E-state index in [4.69, 9.17) is 0 Å². The second kappa shape index (κ2) is 5.63. The first-order valence-electron chi connectivity index (χ1n) is 4.80. The third-order valence-corrected chi connectivity index (χ3v) is 4.01. The molecule has 15 heavy (non-hydrogen) atoms. The molecular weight excluding hydrogens is 278 g/mol. The summed E-state index contributed by atoms with van der Waals surface area (Å²) in [5.74, 6) is -0.784. The van der Waals surface area contributed by atoms with Crippen molar-refractivity contribution in [2.75, 3.05) is 13.1 Å². The third-order valence-electron chi connectivity index (χ3n) is 2.27. The van der Waals surface area contributed by atoms with Gasteiger partial charge in [-0.2, -0.15) is 0 Å². The molecule has 0 aliphatic rings. The Balaban J connectivity index is 2.97. The van der Waals surface area contributed by atoms with Gasteiger partial charge in [-0.25, -0.2) is 0 Å². The Morgan fingerprint density at radius 1 is 1.60 bits per heavy atom. The summed E-state index contributed by atoms with van der Waals surface area (Å²) in [6.45, 7) is 5.43. The molecular formula is C10H14BrNO2S. The second-order valence-electron chi connectivity index (χ2n) is 3.13. The molecule has 0 spiro atoms. The Kier molecular flexibility index (Phi) is 4.76. The van der Waals surface area contributed by atoms with E-state index in [2.05, 4.69) is 15.9 Å². The van der Waals surface area contributed by atoms with Gasteiger partial charge in [0.2, 0.25) is 0 Å². The molecule has 1 heterocycles. The average Bonchev–Trinajstić information content (AvgIpc) is 2.59. The summed E-state index contributed by atoms with van der Waals surface area (Å²) in [6, 6.07) is 1.36. The van der Waals surface area contributed by atoms with E-state index in [1.807, 2.05) is 30.2 Å². The van der Waals surface area contributed by atoms with E-state index in [0.717, 1.165) is 22.4 Å². The van der Waals surface area contributed by atoms with Crippen LogP contribution >= 0.6 is 27.3 Å². The lowest BCUT2D eigenvalue weighted by Gasteiger charge is -2.25. The topological polar surface area (TPSA) is 40.5 Å². The highest BCUT2D eigenvalue weighted by Crippen LogP contribution is 2.29. The second-order valence-corrected chi connectivity index (χ2v) is 4.99. The molecule has 0 saturated carbocycles. The Hall–Kier alpha value is -0.390. The van der Waals surface area contributed by atoms with Crippen LogP contribution in [0.15, 0.2) is 15.9 Å². The summed E-state index contributed by atoms with van der Waals surface area (Å²) in [6.07, 6.45) is 0. The molecule has 0 amide bonds. The van der Waals surface area contributed by atoms with E-state index in [1.165, 1.54) is 11.3 Å². The highest BCUT2D eigenvalue weighted by atomic mass is 79.9. The van der Waals surface area contributed by atoms with Crippen molar-refractivity contribution in [3.05, 3.63) is 20.8 Å². The van der Waals surface area contributed by atoms with Crippen LogP contribution in [-0.4, -0.2) is 29.1 Å². The fraction of sp³-hybridized carbons (Fsp3) is 0.500. The lowest BCUT2D eigenvalue weighted by atomic mass is 10.2. The maximum absolute atomic E-state index is 11.2. The molecule has 0 saturated heterocycles. The first-order valence-corrected chi connectivity index (χ1v) is 6.48. The van der Waals surface area contributed by atoms with Crippen LogP contribution in [0.2, 0.25) is 0 Å². The van der Waals surface area contributed by atoms with E-state index in [-0.39, 0.29) is 0 Å². The van der Waals surface area contributed by atoms with Gasteiger partial charge in [0.05, 0.1) is 0 Å². The van der Waals surface area contributed by atoms with Gasteiger partial charge in [-0.3, -0.25) is 9.69 Å². The molecule has 1 unspecified atom stereocenters. The summed E-state index contributed by atoms with van der Waals surface area (Å²) in [7, 11) is 0. The molecule has 0 aliphatic heterocycles. The SMILES string of the molecule is CCN(CC)C(C(=O)O)c1cc(Br)cs1. The number of carboxylic acid groups (broad SMARTS) is 1. The molecule has 1 atom stereocenters. The van der Waals surface area contributed by atoms with Crippen LogP contribution in [0.4, 0.5) is 0 Å². The first-order chi connectivity index (χ1) is 7.10. The maximum atomic E-state index is 11.2. The zero-order valence-electron chi connectivity index (χ0n) is 8.74. The van der Waals surface area contributed by atoms with Gasteiger partial charge in [0.15, 0.2) is 0 Å². The minimum Gasteiger partial charge on any atom is -0.480 e. The highest BCUT2D eigenvalue weighted by molar-refractivity contribution is 9.10. The summed E-state index contributed by atoms with van der Waals surface area (Å²) >= 11 is 4.82. The van der Waals surface area contributed by atoms with Gasteiger partial charge >= 0.3 is 5.97 Å². The molecule has 0 fully saturated rings. The van der Waals surface area contributed by atoms with Crippen molar-refractivity contribution in [2.24, 2.45) is 0 Å². The van der Waals surface area contributed by atoms with Gasteiger partial charge in [-0.05, 0) is 35.1 Å². The Morgan fingerprint density at radius 3 is 2.53 bits per heavy atom. The monoisotopic (exact) mass is 291 g/mol. The normalized spacial score (nSPS) is 13.1. The summed E-state index contributed by atoms with van der Waals surface area (Å²) in [5, 5.41) is 11.1. The number of nitrogens with zero attached hydrogens (tertiary/aromatic N) is 1. The fourth-order valence-corrected chi connectivity index (χ4v) is 3.09. The van der Waals surface area contributed by atoms with Crippen molar-refractivity contribution in [3.63, 3.8) is 0 Å². The molecule has 3 nitrogen and oxygen atoms in total. The molecule has 1 rings (SSSR count). The number of halogens is 1. The van der Waals surface area contributed by atoms with Gasteiger partial charge in [-0.1, -0.05) is 13.8 Å². The molecule has 5 heteroatoms. The average molecular weight is 292 g/mol. The highest BCUT2D eigenvalue weighted by Gasteiger charge is 2.26. The predicted molar refractivity (Wildman–Crippen MR) is 65.3 cm³/mol. The Labute approximate surface area is 102 Å². The van der Waals surface area contributed by atoms with Crippen molar-refractivity contribution < 1.29 is 9.90 Å². The standard InChI is InChI=1S/C10H14BrNO2S/c1-3-12(4-2)9(10(13)14)8-5-7(11)6-15-8/h5-6,9H,3-4H2,1-2H3,(H,13,14). The zero-order chi connectivity index (χ0) is 11.4. The quantitative estimate of drug-likeness (QED) is 0.907. The van der Waals surface area contributed by atoms with Gasteiger partial charge in [0.25, 0.3) is 0 Å². The van der Waals surface area contributed by atoms with Crippen LogP contribution in [0, 0.1) is 0 Å². The number of likely N-dealkylation sites (N-methyl/N-ethyl adjacent to an activating group) is 1. The van der Waals surface area contributed by atoms with Crippen LogP contribution in [0.5, 0.6) is 0 Å². The molecule has 0 aromatic carbocycles. The first kappa shape index (κ1) is 12.7. The molecule has 0 radical (unpaired) electrons. The lowest BCUT2D eigenvalue weighted by molar-refractivity contribution is -0.143. The number of rotatable bonds is 5. The minimum absolute atomic E-state index is 0.517. The van der Waals surface area contributed by atoms with Gasteiger partial charge in [0, 0.05) is 14.7 Å². The van der Waals surface area contributed by atoms with Crippen LogP contribution in [0.3, 0.4) is 0 Å². The number of carbonyl (C=O) groups is 1. The van der Waals surface area contributed by atoms with Crippen molar-refractivity contribution in [1.82, 2.24) is 4.90 Å². The van der Waals surface area contributed by atoms with E-state index in [9.17, 15) is 9.90 Å².